The highest BCUT2D eigenvalue weighted by Gasteiger charge is 2.12. The number of aromatic nitrogens is 4. The van der Waals surface area contributed by atoms with Crippen LogP contribution < -0.4 is 11.3 Å². The van der Waals surface area contributed by atoms with Crippen molar-refractivity contribution in [1.29, 1.82) is 0 Å². The Labute approximate surface area is 91.7 Å². The summed E-state index contributed by atoms with van der Waals surface area (Å²) in [6.45, 7) is 3.73. The fourth-order valence-corrected chi connectivity index (χ4v) is 1.63. The topological polar surface area (TPSA) is 98.2 Å². The van der Waals surface area contributed by atoms with Gasteiger partial charge in [-0.05, 0) is 13.8 Å². The van der Waals surface area contributed by atoms with Gasteiger partial charge in [-0.3, -0.25) is 14.6 Å². The lowest BCUT2D eigenvalue weighted by molar-refractivity contribution is -0.120. The maximum Gasteiger partial charge on any atom is 0.255 e. The molecule has 0 saturated heterocycles. The molecule has 2 aromatic heterocycles. The number of nitrogens with zero attached hydrogens (tertiary/aromatic N) is 4. The minimum absolute atomic E-state index is 0.204. The van der Waals surface area contributed by atoms with Crippen molar-refractivity contribution in [2.24, 2.45) is 5.84 Å². The summed E-state index contributed by atoms with van der Waals surface area (Å²) in [5.41, 5.74) is 4.61. The molecule has 0 saturated carbocycles. The largest absolute Gasteiger partial charge is 0.294 e. The summed E-state index contributed by atoms with van der Waals surface area (Å²) in [7, 11) is 0. The van der Waals surface area contributed by atoms with Crippen molar-refractivity contribution in [2.75, 3.05) is 0 Å². The number of fused-ring (bicyclic) bond motifs is 1. The fraction of sp³-hybridized carbons (Fsp3) is 0.333. The van der Waals surface area contributed by atoms with Crippen molar-refractivity contribution < 1.29 is 4.79 Å². The predicted octanol–water partition coefficient (Wildman–Crippen LogP) is -0.726. The number of hydrazine groups is 1. The molecule has 0 aromatic carbocycles. The van der Waals surface area contributed by atoms with Gasteiger partial charge in [0.2, 0.25) is 5.91 Å². The van der Waals surface area contributed by atoms with Crippen molar-refractivity contribution in [1.82, 2.24) is 25.0 Å². The summed E-state index contributed by atoms with van der Waals surface area (Å²) in [4.78, 5) is 15.5. The summed E-state index contributed by atoms with van der Waals surface area (Å²) in [6.07, 6.45) is 1.77. The first-order valence-electron chi connectivity index (χ1n) is 4.78. The number of hydrogen-bond donors (Lipinski definition) is 2. The SMILES string of the molecule is Cc1nc2nncn2c(C)c1CC(=O)NN. The number of hydrogen-bond acceptors (Lipinski definition) is 5. The van der Waals surface area contributed by atoms with Crippen LogP contribution >= 0.6 is 0 Å². The monoisotopic (exact) mass is 220 g/mol. The van der Waals surface area contributed by atoms with Crippen molar-refractivity contribution >= 4 is 11.7 Å². The van der Waals surface area contributed by atoms with Crippen LogP contribution in [0.1, 0.15) is 17.0 Å². The average molecular weight is 220 g/mol. The van der Waals surface area contributed by atoms with Crippen molar-refractivity contribution in [3.8, 4) is 0 Å². The number of amides is 1. The molecule has 84 valence electrons. The fourth-order valence-electron chi connectivity index (χ4n) is 1.63. The molecule has 0 aliphatic carbocycles. The van der Waals surface area contributed by atoms with E-state index < -0.39 is 0 Å². The maximum atomic E-state index is 11.3. The molecule has 2 heterocycles. The molecule has 0 spiro atoms. The molecular weight excluding hydrogens is 208 g/mol. The Balaban J connectivity index is 2.55. The first kappa shape index (κ1) is 10.5. The van der Waals surface area contributed by atoms with E-state index in [0.29, 0.717) is 5.78 Å². The van der Waals surface area contributed by atoms with Gasteiger partial charge in [-0.25, -0.2) is 10.8 Å². The lowest BCUT2D eigenvalue weighted by atomic mass is 10.1. The van der Waals surface area contributed by atoms with E-state index in [9.17, 15) is 4.79 Å². The zero-order chi connectivity index (χ0) is 11.7. The average Bonchev–Trinajstić information content (AvgIpc) is 2.71. The highest BCUT2D eigenvalue weighted by atomic mass is 16.2. The quantitative estimate of drug-likeness (QED) is 0.395. The van der Waals surface area contributed by atoms with E-state index in [-0.39, 0.29) is 12.3 Å². The van der Waals surface area contributed by atoms with Gasteiger partial charge in [-0.15, -0.1) is 10.2 Å². The van der Waals surface area contributed by atoms with Crippen LogP contribution in [-0.2, 0) is 11.2 Å². The van der Waals surface area contributed by atoms with Crippen molar-refractivity contribution in [3.05, 3.63) is 23.3 Å². The number of nitrogens with two attached hydrogens (primary N) is 1. The Morgan fingerprint density at radius 2 is 2.31 bits per heavy atom. The predicted molar refractivity (Wildman–Crippen MR) is 56.3 cm³/mol. The van der Waals surface area contributed by atoms with Crippen LogP contribution in [0.25, 0.3) is 5.78 Å². The Morgan fingerprint density at radius 1 is 1.56 bits per heavy atom. The highest BCUT2D eigenvalue weighted by Crippen LogP contribution is 2.13. The normalized spacial score (nSPS) is 10.7. The smallest absolute Gasteiger partial charge is 0.255 e. The summed E-state index contributed by atoms with van der Waals surface area (Å²) in [5.74, 6) is 5.35. The Kier molecular flexibility index (Phi) is 2.53. The first-order valence-corrected chi connectivity index (χ1v) is 4.78. The minimum atomic E-state index is -0.250. The number of carbonyl (C=O) groups is 1. The summed E-state index contributed by atoms with van der Waals surface area (Å²) < 4.78 is 1.74. The van der Waals surface area contributed by atoms with E-state index >= 15 is 0 Å². The van der Waals surface area contributed by atoms with E-state index in [4.69, 9.17) is 5.84 Å². The van der Waals surface area contributed by atoms with Gasteiger partial charge in [0.05, 0.1) is 6.42 Å². The summed E-state index contributed by atoms with van der Waals surface area (Å²) >= 11 is 0. The molecule has 0 unspecified atom stereocenters. The van der Waals surface area contributed by atoms with Gasteiger partial charge in [-0.2, -0.15) is 0 Å². The van der Waals surface area contributed by atoms with Crippen LogP contribution in [0, 0.1) is 13.8 Å². The zero-order valence-electron chi connectivity index (χ0n) is 9.06. The molecule has 0 bridgehead atoms. The third-order valence-electron chi connectivity index (χ3n) is 2.53. The molecule has 7 heteroatoms. The maximum absolute atomic E-state index is 11.3. The molecule has 0 fully saturated rings. The van der Waals surface area contributed by atoms with E-state index in [0.717, 1.165) is 17.0 Å². The molecule has 7 nitrogen and oxygen atoms in total. The zero-order valence-corrected chi connectivity index (χ0v) is 9.06. The van der Waals surface area contributed by atoms with Gasteiger partial charge in [0.1, 0.15) is 6.33 Å². The van der Waals surface area contributed by atoms with Crippen LogP contribution in [0.4, 0.5) is 0 Å². The van der Waals surface area contributed by atoms with Crippen LogP contribution in [0.3, 0.4) is 0 Å². The summed E-state index contributed by atoms with van der Waals surface area (Å²) in [5, 5.41) is 7.63. The third-order valence-corrected chi connectivity index (χ3v) is 2.53. The number of aryl methyl sites for hydroxylation is 2. The van der Waals surface area contributed by atoms with E-state index in [1.165, 1.54) is 0 Å². The van der Waals surface area contributed by atoms with Crippen LogP contribution in [-0.4, -0.2) is 25.5 Å². The second-order valence-electron chi connectivity index (χ2n) is 3.51. The second-order valence-corrected chi connectivity index (χ2v) is 3.51. The third kappa shape index (κ3) is 1.61. The van der Waals surface area contributed by atoms with Crippen LogP contribution in [0.5, 0.6) is 0 Å². The molecule has 0 aliphatic rings. The van der Waals surface area contributed by atoms with Gasteiger partial charge < -0.3 is 0 Å². The summed E-state index contributed by atoms with van der Waals surface area (Å²) in [6, 6.07) is 0. The molecule has 2 rings (SSSR count). The van der Waals surface area contributed by atoms with Crippen LogP contribution in [0.2, 0.25) is 0 Å². The number of carbonyl (C=O) groups excluding carboxylic acids is 1. The molecule has 0 atom stereocenters. The van der Waals surface area contributed by atoms with Crippen LogP contribution in [0.15, 0.2) is 6.33 Å². The second kappa shape index (κ2) is 3.86. The molecule has 16 heavy (non-hydrogen) atoms. The van der Waals surface area contributed by atoms with Crippen molar-refractivity contribution in [3.63, 3.8) is 0 Å². The van der Waals surface area contributed by atoms with E-state index in [1.54, 1.807) is 10.7 Å². The Hall–Kier alpha value is -2.02. The Bertz CT molecular complexity index is 546. The van der Waals surface area contributed by atoms with Gasteiger partial charge in [-0.1, -0.05) is 0 Å². The molecule has 0 aliphatic heterocycles. The lowest BCUT2D eigenvalue weighted by Crippen LogP contribution is -2.32. The van der Waals surface area contributed by atoms with Crippen molar-refractivity contribution in [2.45, 2.75) is 20.3 Å². The van der Waals surface area contributed by atoms with Gasteiger partial charge >= 0.3 is 0 Å². The molecule has 1 amide bonds. The van der Waals surface area contributed by atoms with Gasteiger partial charge in [0, 0.05) is 17.0 Å². The van der Waals surface area contributed by atoms with Gasteiger partial charge in [0.25, 0.3) is 5.78 Å². The number of rotatable bonds is 2. The van der Waals surface area contributed by atoms with Gasteiger partial charge in [0.15, 0.2) is 0 Å². The highest BCUT2D eigenvalue weighted by molar-refractivity contribution is 5.78. The Morgan fingerprint density at radius 3 is 3.00 bits per heavy atom. The standard InChI is InChI=1S/C9H12N6O/c1-5-7(3-8(16)13-10)6(2)15-4-11-14-9(15)12-5/h4H,3,10H2,1-2H3,(H,13,16). The molecule has 3 N–H and O–H groups in total. The first-order chi connectivity index (χ1) is 7.63. The van der Waals surface area contributed by atoms with E-state index in [1.807, 2.05) is 13.8 Å². The molecule has 2 aromatic rings. The molecule has 0 radical (unpaired) electrons. The number of nitrogens with one attached hydrogen (secondary N) is 1. The minimum Gasteiger partial charge on any atom is -0.294 e. The molecular formula is C9H12N6O. The van der Waals surface area contributed by atoms with E-state index in [2.05, 4.69) is 20.6 Å². The lowest BCUT2D eigenvalue weighted by Gasteiger charge is -2.09.